The van der Waals surface area contributed by atoms with Crippen molar-refractivity contribution in [2.24, 2.45) is 0 Å². The second-order valence-corrected chi connectivity index (χ2v) is 5.43. The smallest absolute Gasteiger partial charge is 0.338 e. The van der Waals surface area contributed by atoms with E-state index in [1.165, 1.54) is 12.1 Å². The maximum atomic E-state index is 11.8. The molecule has 0 saturated carbocycles. The maximum absolute atomic E-state index is 11.8. The van der Waals surface area contributed by atoms with Crippen LogP contribution in [0.25, 0.3) is 0 Å². The van der Waals surface area contributed by atoms with E-state index in [-0.39, 0.29) is 6.61 Å². The molecule has 0 fully saturated rings. The topological polar surface area (TPSA) is 63.6 Å². The SMILES string of the molecule is CC[N+](C)(C)CC(O)COC(=O)c1ccc(C=O)cc1. The highest BCUT2D eigenvalue weighted by Gasteiger charge is 2.20. The zero-order valence-corrected chi connectivity index (χ0v) is 12.2. The molecule has 1 unspecified atom stereocenters. The number of quaternary nitrogens is 1. The molecule has 0 aliphatic carbocycles. The average molecular weight is 280 g/mol. The van der Waals surface area contributed by atoms with Gasteiger partial charge in [-0.05, 0) is 19.1 Å². The van der Waals surface area contributed by atoms with Gasteiger partial charge in [0.2, 0.25) is 0 Å². The summed E-state index contributed by atoms with van der Waals surface area (Å²) < 4.78 is 5.73. The molecule has 5 heteroatoms. The number of hydrogen-bond acceptors (Lipinski definition) is 4. The highest BCUT2D eigenvalue weighted by molar-refractivity contribution is 5.90. The van der Waals surface area contributed by atoms with Crippen molar-refractivity contribution < 1.29 is 23.9 Å². The number of likely N-dealkylation sites (N-methyl/N-ethyl adjacent to an activating group) is 1. The van der Waals surface area contributed by atoms with Crippen LogP contribution in [0.2, 0.25) is 0 Å². The first-order chi connectivity index (χ1) is 9.38. The molecule has 1 aromatic rings. The van der Waals surface area contributed by atoms with Crippen molar-refractivity contribution in [2.75, 3.05) is 33.8 Å². The van der Waals surface area contributed by atoms with E-state index in [4.69, 9.17) is 4.74 Å². The fraction of sp³-hybridized carbons (Fsp3) is 0.467. The van der Waals surface area contributed by atoms with Gasteiger partial charge in [-0.3, -0.25) is 4.79 Å². The summed E-state index contributed by atoms with van der Waals surface area (Å²) in [6.45, 7) is 3.41. The molecule has 1 N–H and O–H groups in total. The Balaban J connectivity index is 2.48. The number of carbonyl (C=O) groups excluding carboxylic acids is 2. The number of aldehydes is 1. The van der Waals surface area contributed by atoms with E-state index >= 15 is 0 Å². The van der Waals surface area contributed by atoms with Gasteiger partial charge in [-0.1, -0.05) is 12.1 Å². The first-order valence-corrected chi connectivity index (χ1v) is 6.60. The number of aliphatic hydroxyl groups is 1. The van der Waals surface area contributed by atoms with Crippen LogP contribution in [0.3, 0.4) is 0 Å². The minimum atomic E-state index is -0.692. The predicted octanol–water partition coefficient (Wildman–Crippen LogP) is 1.11. The van der Waals surface area contributed by atoms with E-state index in [1.54, 1.807) is 12.1 Å². The highest BCUT2D eigenvalue weighted by atomic mass is 16.5. The molecule has 1 aromatic carbocycles. The van der Waals surface area contributed by atoms with Gasteiger partial charge in [0.25, 0.3) is 0 Å². The molecule has 0 aliphatic heterocycles. The van der Waals surface area contributed by atoms with Crippen molar-refractivity contribution in [1.82, 2.24) is 0 Å². The van der Waals surface area contributed by atoms with Gasteiger partial charge in [0, 0.05) is 5.56 Å². The van der Waals surface area contributed by atoms with Gasteiger partial charge in [-0.2, -0.15) is 0 Å². The lowest BCUT2D eigenvalue weighted by atomic mass is 10.1. The molecular weight excluding hydrogens is 258 g/mol. The highest BCUT2D eigenvalue weighted by Crippen LogP contribution is 2.06. The Labute approximate surface area is 119 Å². The van der Waals surface area contributed by atoms with Gasteiger partial charge in [0.05, 0.1) is 26.2 Å². The number of benzene rings is 1. The lowest BCUT2D eigenvalue weighted by Crippen LogP contribution is -2.46. The molecule has 5 nitrogen and oxygen atoms in total. The quantitative estimate of drug-likeness (QED) is 0.462. The fourth-order valence-electron chi connectivity index (χ4n) is 1.71. The lowest BCUT2D eigenvalue weighted by molar-refractivity contribution is -0.891. The zero-order valence-electron chi connectivity index (χ0n) is 12.2. The molecule has 0 radical (unpaired) electrons. The number of esters is 1. The summed E-state index contributed by atoms with van der Waals surface area (Å²) in [7, 11) is 4.01. The first kappa shape index (κ1) is 16.3. The summed E-state index contributed by atoms with van der Waals surface area (Å²) >= 11 is 0. The fourth-order valence-corrected chi connectivity index (χ4v) is 1.71. The Morgan fingerprint density at radius 1 is 1.35 bits per heavy atom. The van der Waals surface area contributed by atoms with Crippen LogP contribution >= 0.6 is 0 Å². The second kappa shape index (κ2) is 7.17. The summed E-state index contributed by atoms with van der Waals surface area (Å²) in [6, 6.07) is 6.17. The van der Waals surface area contributed by atoms with Crippen LogP contribution in [-0.2, 0) is 4.74 Å². The Morgan fingerprint density at radius 2 is 1.95 bits per heavy atom. The summed E-state index contributed by atoms with van der Waals surface area (Å²) in [5, 5.41) is 9.85. The van der Waals surface area contributed by atoms with Crippen molar-refractivity contribution in [2.45, 2.75) is 13.0 Å². The molecule has 0 spiro atoms. The van der Waals surface area contributed by atoms with Gasteiger partial charge in [0.15, 0.2) is 0 Å². The molecular formula is C15H22NO4+. The molecule has 0 saturated heterocycles. The molecule has 0 heterocycles. The predicted molar refractivity (Wildman–Crippen MR) is 75.6 cm³/mol. The molecule has 20 heavy (non-hydrogen) atoms. The van der Waals surface area contributed by atoms with Crippen LogP contribution in [0.1, 0.15) is 27.6 Å². The second-order valence-electron chi connectivity index (χ2n) is 5.43. The van der Waals surface area contributed by atoms with Gasteiger partial charge < -0.3 is 14.3 Å². The van der Waals surface area contributed by atoms with Crippen molar-refractivity contribution in [3.8, 4) is 0 Å². The van der Waals surface area contributed by atoms with E-state index < -0.39 is 12.1 Å². The standard InChI is InChI=1S/C15H22NO4/c1-4-16(2,3)9-14(18)11-20-15(19)13-7-5-12(10-17)6-8-13/h5-8,10,14,18H,4,9,11H2,1-3H3/q+1. The molecule has 0 amide bonds. The van der Waals surface area contributed by atoms with Crippen molar-refractivity contribution in [3.63, 3.8) is 0 Å². The Morgan fingerprint density at radius 3 is 2.45 bits per heavy atom. The number of nitrogens with zero attached hydrogens (tertiary/aromatic N) is 1. The van der Waals surface area contributed by atoms with E-state index in [2.05, 4.69) is 0 Å². The number of aliphatic hydroxyl groups excluding tert-OH is 1. The van der Waals surface area contributed by atoms with Crippen LogP contribution in [-0.4, -0.2) is 61.7 Å². The van der Waals surface area contributed by atoms with Gasteiger partial charge in [-0.15, -0.1) is 0 Å². The van der Waals surface area contributed by atoms with Crippen LogP contribution in [0, 0.1) is 0 Å². The number of ether oxygens (including phenoxy) is 1. The van der Waals surface area contributed by atoms with E-state index in [0.717, 1.165) is 6.54 Å². The minimum Gasteiger partial charge on any atom is -0.459 e. The Kier molecular flexibility index (Phi) is 5.85. The van der Waals surface area contributed by atoms with Crippen LogP contribution in [0.4, 0.5) is 0 Å². The third-order valence-electron chi connectivity index (χ3n) is 3.25. The van der Waals surface area contributed by atoms with Crippen molar-refractivity contribution in [3.05, 3.63) is 35.4 Å². The van der Waals surface area contributed by atoms with Gasteiger partial charge in [-0.25, -0.2) is 4.79 Å². The number of rotatable bonds is 7. The minimum absolute atomic E-state index is 0.0318. The molecule has 0 aliphatic rings. The van der Waals surface area contributed by atoms with Crippen molar-refractivity contribution >= 4 is 12.3 Å². The van der Waals surface area contributed by atoms with E-state index in [0.29, 0.717) is 28.4 Å². The Hall–Kier alpha value is -1.72. The zero-order chi connectivity index (χ0) is 15.2. The van der Waals surface area contributed by atoms with Crippen LogP contribution in [0.5, 0.6) is 0 Å². The molecule has 1 rings (SSSR count). The summed E-state index contributed by atoms with van der Waals surface area (Å²) in [5.74, 6) is -0.497. The largest absolute Gasteiger partial charge is 0.459 e. The Bertz CT molecular complexity index is 453. The average Bonchev–Trinajstić information content (AvgIpc) is 2.44. The van der Waals surface area contributed by atoms with Gasteiger partial charge >= 0.3 is 5.97 Å². The van der Waals surface area contributed by atoms with Gasteiger partial charge in [0.1, 0.15) is 25.5 Å². The third kappa shape index (κ3) is 5.11. The maximum Gasteiger partial charge on any atom is 0.338 e. The normalized spacial score (nSPS) is 12.8. The monoisotopic (exact) mass is 280 g/mol. The number of hydrogen-bond donors (Lipinski definition) is 1. The summed E-state index contributed by atoms with van der Waals surface area (Å²) in [4.78, 5) is 22.3. The molecule has 110 valence electrons. The molecule has 1 atom stereocenters. The summed E-state index contributed by atoms with van der Waals surface area (Å²) in [5.41, 5.74) is 0.871. The first-order valence-electron chi connectivity index (χ1n) is 6.60. The lowest BCUT2D eigenvalue weighted by Gasteiger charge is -2.30. The van der Waals surface area contributed by atoms with Crippen molar-refractivity contribution in [1.29, 1.82) is 0 Å². The summed E-state index contributed by atoms with van der Waals surface area (Å²) in [6.07, 6.45) is 0.0204. The number of carbonyl (C=O) groups is 2. The molecule has 0 aromatic heterocycles. The van der Waals surface area contributed by atoms with E-state index in [9.17, 15) is 14.7 Å². The third-order valence-corrected chi connectivity index (χ3v) is 3.25. The molecule has 0 bridgehead atoms. The van der Waals surface area contributed by atoms with Crippen LogP contribution in [0.15, 0.2) is 24.3 Å². The van der Waals surface area contributed by atoms with Crippen LogP contribution < -0.4 is 0 Å². The van der Waals surface area contributed by atoms with E-state index in [1.807, 2.05) is 21.0 Å².